The summed E-state index contributed by atoms with van der Waals surface area (Å²) in [7, 11) is 0. The second kappa shape index (κ2) is 4.28. The molecule has 3 nitrogen and oxygen atoms in total. The van der Waals surface area contributed by atoms with Gasteiger partial charge in [0.05, 0.1) is 0 Å². The summed E-state index contributed by atoms with van der Waals surface area (Å²) in [4.78, 5) is 2.60. The van der Waals surface area contributed by atoms with Crippen molar-refractivity contribution in [1.29, 1.82) is 0 Å². The Bertz CT molecular complexity index is 236. The van der Waals surface area contributed by atoms with Gasteiger partial charge in [0.1, 0.15) is 0 Å². The maximum absolute atomic E-state index is 3.89. The van der Waals surface area contributed by atoms with Gasteiger partial charge in [0, 0.05) is 18.1 Å². The van der Waals surface area contributed by atoms with Gasteiger partial charge < -0.3 is 15.5 Å². The van der Waals surface area contributed by atoms with E-state index in [0.717, 1.165) is 30.0 Å². The van der Waals surface area contributed by atoms with Gasteiger partial charge in [-0.05, 0) is 64.7 Å². The molecule has 2 atom stereocenters. The summed E-state index contributed by atoms with van der Waals surface area (Å²) in [6, 6.07) is 2.38. The molecule has 3 aliphatic rings. The average Bonchev–Trinajstić information content (AvgIpc) is 2.75. The largest absolute Gasteiger partial charge is 0.316 e. The number of rotatable bonds is 3. The fourth-order valence-corrected chi connectivity index (χ4v) is 3.52. The summed E-state index contributed by atoms with van der Waals surface area (Å²) in [5.74, 6) is 1.92. The Labute approximate surface area is 99.0 Å². The highest BCUT2D eigenvalue weighted by molar-refractivity contribution is 5.10. The van der Waals surface area contributed by atoms with Crippen molar-refractivity contribution in [3.05, 3.63) is 0 Å². The van der Waals surface area contributed by atoms with E-state index in [1.807, 2.05) is 0 Å². The standard InChI is InChI=1S/C13H25N3/c1-9(2)16-5-3-10(4-6-16)15-13-11-7-14-8-12(11)13/h9-15H,3-8H2,1-2H3. The number of hydrogen-bond acceptors (Lipinski definition) is 3. The van der Waals surface area contributed by atoms with Crippen LogP contribution in [0.15, 0.2) is 0 Å². The van der Waals surface area contributed by atoms with Crippen LogP contribution in [0.2, 0.25) is 0 Å². The Morgan fingerprint density at radius 3 is 2.31 bits per heavy atom. The van der Waals surface area contributed by atoms with Gasteiger partial charge in [-0.25, -0.2) is 0 Å². The highest BCUT2D eigenvalue weighted by Crippen LogP contribution is 2.42. The molecule has 3 fully saturated rings. The van der Waals surface area contributed by atoms with Crippen LogP contribution in [0, 0.1) is 11.8 Å². The SMILES string of the molecule is CC(C)N1CCC(NC2C3CNCC32)CC1. The van der Waals surface area contributed by atoms with Crippen molar-refractivity contribution in [1.82, 2.24) is 15.5 Å². The van der Waals surface area contributed by atoms with Crippen LogP contribution >= 0.6 is 0 Å². The maximum Gasteiger partial charge on any atom is 0.0158 e. The van der Waals surface area contributed by atoms with Crippen LogP contribution in [0.4, 0.5) is 0 Å². The first-order valence-electron chi connectivity index (χ1n) is 6.96. The van der Waals surface area contributed by atoms with Crippen LogP contribution in [0.5, 0.6) is 0 Å². The predicted molar refractivity (Wildman–Crippen MR) is 66.5 cm³/mol. The first-order valence-corrected chi connectivity index (χ1v) is 6.96. The van der Waals surface area contributed by atoms with E-state index in [9.17, 15) is 0 Å². The molecule has 1 aliphatic carbocycles. The molecular formula is C13H25N3. The van der Waals surface area contributed by atoms with Crippen molar-refractivity contribution in [3.63, 3.8) is 0 Å². The molecule has 0 bridgehead atoms. The van der Waals surface area contributed by atoms with Crippen LogP contribution in [0.25, 0.3) is 0 Å². The smallest absolute Gasteiger partial charge is 0.0158 e. The van der Waals surface area contributed by atoms with Crippen LogP contribution in [0.1, 0.15) is 26.7 Å². The van der Waals surface area contributed by atoms with Gasteiger partial charge in [0.15, 0.2) is 0 Å². The lowest BCUT2D eigenvalue weighted by atomic mass is 10.0. The second-order valence-electron chi connectivity index (χ2n) is 6.08. The van der Waals surface area contributed by atoms with Crippen molar-refractivity contribution in [2.24, 2.45) is 11.8 Å². The molecule has 2 aliphatic heterocycles. The van der Waals surface area contributed by atoms with Gasteiger partial charge in [0.2, 0.25) is 0 Å². The molecule has 92 valence electrons. The van der Waals surface area contributed by atoms with Gasteiger partial charge in [0.25, 0.3) is 0 Å². The number of likely N-dealkylation sites (tertiary alicyclic amines) is 1. The highest BCUT2D eigenvalue weighted by Gasteiger charge is 2.53. The molecule has 2 unspecified atom stereocenters. The minimum Gasteiger partial charge on any atom is -0.316 e. The van der Waals surface area contributed by atoms with Crippen molar-refractivity contribution in [2.45, 2.75) is 44.8 Å². The lowest BCUT2D eigenvalue weighted by Gasteiger charge is -2.35. The van der Waals surface area contributed by atoms with Gasteiger partial charge in [-0.1, -0.05) is 0 Å². The third-order valence-electron chi connectivity index (χ3n) is 4.78. The van der Waals surface area contributed by atoms with E-state index in [-0.39, 0.29) is 0 Å². The molecule has 0 amide bonds. The Kier molecular flexibility index (Phi) is 2.94. The molecule has 2 N–H and O–H groups in total. The van der Waals surface area contributed by atoms with Crippen molar-refractivity contribution >= 4 is 0 Å². The average molecular weight is 223 g/mol. The van der Waals surface area contributed by atoms with Crippen LogP contribution in [0.3, 0.4) is 0 Å². The number of nitrogens with zero attached hydrogens (tertiary/aromatic N) is 1. The topological polar surface area (TPSA) is 27.3 Å². The molecule has 16 heavy (non-hydrogen) atoms. The minimum absolute atomic E-state index is 0.727. The van der Waals surface area contributed by atoms with Crippen LogP contribution in [-0.4, -0.2) is 49.2 Å². The molecule has 0 aromatic rings. The summed E-state index contributed by atoms with van der Waals surface area (Å²) < 4.78 is 0. The van der Waals surface area contributed by atoms with Crippen molar-refractivity contribution in [3.8, 4) is 0 Å². The fourth-order valence-electron chi connectivity index (χ4n) is 3.52. The summed E-state index contributed by atoms with van der Waals surface area (Å²) in [6.45, 7) is 9.71. The molecule has 3 rings (SSSR count). The zero-order valence-corrected chi connectivity index (χ0v) is 10.6. The van der Waals surface area contributed by atoms with E-state index >= 15 is 0 Å². The first kappa shape index (κ1) is 11.0. The quantitative estimate of drug-likeness (QED) is 0.736. The lowest BCUT2D eigenvalue weighted by molar-refractivity contribution is 0.159. The third-order valence-corrected chi connectivity index (χ3v) is 4.78. The highest BCUT2D eigenvalue weighted by atomic mass is 15.2. The fraction of sp³-hybridized carbons (Fsp3) is 1.00. The molecule has 2 saturated heterocycles. The zero-order chi connectivity index (χ0) is 11.1. The monoisotopic (exact) mass is 223 g/mol. The van der Waals surface area contributed by atoms with Crippen LogP contribution in [-0.2, 0) is 0 Å². The van der Waals surface area contributed by atoms with Gasteiger partial charge in [-0.2, -0.15) is 0 Å². The molecule has 0 aromatic carbocycles. The summed E-state index contributed by atoms with van der Waals surface area (Å²) in [6.07, 6.45) is 2.70. The van der Waals surface area contributed by atoms with Gasteiger partial charge in [-0.15, -0.1) is 0 Å². The molecule has 3 heteroatoms. The molecule has 0 aromatic heterocycles. The van der Waals surface area contributed by atoms with Gasteiger partial charge in [-0.3, -0.25) is 0 Å². The van der Waals surface area contributed by atoms with E-state index in [2.05, 4.69) is 29.4 Å². The number of nitrogens with one attached hydrogen (secondary N) is 2. The normalized spacial score (nSPS) is 40.3. The Morgan fingerprint density at radius 2 is 1.75 bits per heavy atom. The molecule has 0 radical (unpaired) electrons. The molecule has 0 spiro atoms. The number of fused-ring (bicyclic) bond motifs is 1. The second-order valence-corrected chi connectivity index (χ2v) is 6.08. The summed E-state index contributed by atoms with van der Waals surface area (Å²) >= 11 is 0. The minimum atomic E-state index is 0.727. The first-order chi connectivity index (χ1) is 7.75. The Morgan fingerprint density at radius 1 is 1.12 bits per heavy atom. The Hall–Kier alpha value is -0.120. The molecular weight excluding hydrogens is 198 g/mol. The summed E-state index contributed by atoms with van der Waals surface area (Å²) in [5.41, 5.74) is 0. The molecule has 1 saturated carbocycles. The van der Waals surface area contributed by atoms with Crippen molar-refractivity contribution < 1.29 is 0 Å². The number of hydrogen-bond donors (Lipinski definition) is 2. The van der Waals surface area contributed by atoms with E-state index in [0.29, 0.717) is 0 Å². The third kappa shape index (κ3) is 2.01. The number of piperidine rings is 2. The zero-order valence-electron chi connectivity index (χ0n) is 10.6. The lowest BCUT2D eigenvalue weighted by Crippen LogP contribution is -2.46. The predicted octanol–water partition coefficient (Wildman–Crippen LogP) is 0.667. The summed E-state index contributed by atoms with van der Waals surface area (Å²) in [5, 5.41) is 7.35. The molecule has 2 heterocycles. The van der Waals surface area contributed by atoms with E-state index < -0.39 is 0 Å². The maximum atomic E-state index is 3.89. The van der Waals surface area contributed by atoms with Crippen molar-refractivity contribution in [2.75, 3.05) is 26.2 Å². The Balaban J connectivity index is 1.42. The van der Waals surface area contributed by atoms with Crippen LogP contribution < -0.4 is 10.6 Å². The van der Waals surface area contributed by atoms with Gasteiger partial charge >= 0.3 is 0 Å². The van der Waals surface area contributed by atoms with E-state index in [1.165, 1.54) is 39.0 Å². The van der Waals surface area contributed by atoms with E-state index in [1.54, 1.807) is 0 Å². The van der Waals surface area contributed by atoms with E-state index in [4.69, 9.17) is 0 Å².